The molecule has 0 bridgehead atoms. The molecule has 27 heavy (non-hydrogen) atoms. The second-order valence-corrected chi connectivity index (χ2v) is 7.05. The molecule has 4 heterocycles. The van der Waals surface area contributed by atoms with E-state index in [1.807, 2.05) is 10.7 Å². The first-order valence-electron chi connectivity index (χ1n) is 9.49. The van der Waals surface area contributed by atoms with E-state index < -0.39 is 0 Å². The topological polar surface area (TPSA) is 67.5 Å². The maximum Gasteiger partial charge on any atom is 0.228 e. The average Bonchev–Trinajstić information content (AvgIpc) is 3.36. The summed E-state index contributed by atoms with van der Waals surface area (Å²) in [5.74, 6) is 0.931. The third kappa shape index (κ3) is 3.29. The summed E-state index contributed by atoms with van der Waals surface area (Å²) in [4.78, 5) is 9.78. The van der Waals surface area contributed by atoms with Gasteiger partial charge in [0.05, 0.1) is 37.6 Å². The van der Waals surface area contributed by atoms with Gasteiger partial charge in [-0.05, 0) is 25.1 Å². The molecule has 0 N–H and O–H groups in total. The number of ether oxygens (including phenoxy) is 1. The molecule has 1 aromatic carbocycles. The molecule has 5 rings (SSSR count). The van der Waals surface area contributed by atoms with Gasteiger partial charge in [-0.25, -0.2) is 14.7 Å². The quantitative estimate of drug-likeness (QED) is 0.661. The number of nitrogens with zero attached hydrogens (tertiary/aromatic N) is 8. The van der Waals surface area contributed by atoms with Crippen LogP contribution in [0, 0.1) is 0 Å². The van der Waals surface area contributed by atoms with Gasteiger partial charge in [0.2, 0.25) is 5.95 Å². The van der Waals surface area contributed by atoms with Crippen molar-refractivity contribution in [3.8, 4) is 0 Å². The fourth-order valence-corrected chi connectivity index (χ4v) is 3.88. The molecule has 0 unspecified atom stereocenters. The van der Waals surface area contributed by atoms with Crippen molar-refractivity contribution in [2.45, 2.75) is 13.1 Å². The monoisotopic (exact) mass is 368 g/mol. The third-order valence-electron chi connectivity index (χ3n) is 5.28. The van der Waals surface area contributed by atoms with Crippen LogP contribution in [-0.2, 0) is 11.4 Å². The van der Waals surface area contributed by atoms with Crippen LogP contribution in [0.1, 0.15) is 6.42 Å². The van der Waals surface area contributed by atoms with Gasteiger partial charge in [0.15, 0.2) is 0 Å². The number of benzene rings is 1. The van der Waals surface area contributed by atoms with Gasteiger partial charge in [-0.3, -0.25) is 14.4 Å². The van der Waals surface area contributed by atoms with Gasteiger partial charge in [0.1, 0.15) is 12.7 Å². The number of imidazole rings is 1. The standard InChI is InChI=1S/C18H24N8O/c1-2-5-17-16(4-1)21-18-25(17)14-23(15-26(18)24-12-19-20-13-24)7-3-6-22-8-10-27-11-9-22/h1-2,4-5,12-13H,3,6-11,14-15H2. The molecule has 0 aliphatic carbocycles. The molecule has 9 heteroatoms. The maximum absolute atomic E-state index is 5.44. The lowest BCUT2D eigenvalue weighted by Crippen LogP contribution is -2.48. The van der Waals surface area contributed by atoms with E-state index in [1.165, 1.54) is 0 Å². The predicted octanol–water partition coefficient (Wildman–Crippen LogP) is 0.850. The Morgan fingerprint density at radius 3 is 2.56 bits per heavy atom. The van der Waals surface area contributed by atoms with Crippen molar-refractivity contribution in [2.24, 2.45) is 0 Å². The Morgan fingerprint density at radius 1 is 0.926 bits per heavy atom. The summed E-state index contributed by atoms with van der Waals surface area (Å²) in [6.07, 6.45) is 4.58. The molecule has 2 aliphatic rings. The second kappa shape index (κ2) is 7.26. The van der Waals surface area contributed by atoms with E-state index >= 15 is 0 Å². The van der Waals surface area contributed by atoms with Crippen molar-refractivity contribution in [3.63, 3.8) is 0 Å². The van der Waals surface area contributed by atoms with Crippen LogP contribution >= 0.6 is 0 Å². The number of hydrogen-bond acceptors (Lipinski definition) is 7. The molecule has 1 fully saturated rings. The van der Waals surface area contributed by atoms with Gasteiger partial charge < -0.3 is 4.74 Å². The van der Waals surface area contributed by atoms with E-state index in [1.54, 1.807) is 12.7 Å². The van der Waals surface area contributed by atoms with Crippen LogP contribution in [0.25, 0.3) is 11.0 Å². The number of anilines is 1. The van der Waals surface area contributed by atoms with Crippen molar-refractivity contribution in [3.05, 3.63) is 36.9 Å². The van der Waals surface area contributed by atoms with E-state index in [4.69, 9.17) is 9.72 Å². The molecule has 2 aliphatic heterocycles. The van der Waals surface area contributed by atoms with Gasteiger partial charge >= 0.3 is 0 Å². The first kappa shape index (κ1) is 16.7. The van der Waals surface area contributed by atoms with E-state index in [2.05, 4.69) is 47.8 Å². The first-order chi connectivity index (χ1) is 13.4. The molecule has 0 radical (unpaired) electrons. The molecule has 1 saturated heterocycles. The number of aromatic nitrogens is 5. The predicted molar refractivity (Wildman–Crippen MR) is 101 cm³/mol. The fraction of sp³-hybridized carbons (Fsp3) is 0.500. The molecular weight excluding hydrogens is 344 g/mol. The number of hydrogen-bond donors (Lipinski definition) is 0. The van der Waals surface area contributed by atoms with E-state index in [0.717, 1.165) is 76.1 Å². The van der Waals surface area contributed by atoms with Gasteiger partial charge in [0, 0.05) is 19.6 Å². The Balaban J connectivity index is 1.36. The SMILES string of the molecule is c1ccc2c(c1)nc1n2CN(CCCN2CCOCC2)CN1n1cnnc1. The van der Waals surface area contributed by atoms with Crippen LogP contribution in [0.2, 0.25) is 0 Å². The number of morpholine rings is 1. The minimum absolute atomic E-state index is 0.768. The normalized spacial score (nSPS) is 18.9. The lowest BCUT2D eigenvalue weighted by Gasteiger charge is -2.37. The van der Waals surface area contributed by atoms with Gasteiger partial charge in [-0.2, -0.15) is 0 Å². The third-order valence-corrected chi connectivity index (χ3v) is 5.28. The highest BCUT2D eigenvalue weighted by atomic mass is 16.5. The summed E-state index contributed by atoms with van der Waals surface area (Å²) in [5, 5.41) is 10.1. The molecule has 0 atom stereocenters. The number of para-hydroxylation sites is 2. The largest absolute Gasteiger partial charge is 0.379 e. The zero-order chi connectivity index (χ0) is 18.1. The molecule has 2 aromatic heterocycles. The molecule has 0 amide bonds. The fourth-order valence-electron chi connectivity index (χ4n) is 3.88. The molecule has 0 spiro atoms. The summed E-state index contributed by atoms with van der Waals surface area (Å²) in [6, 6.07) is 8.30. The van der Waals surface area contributed by atoms with E-state index in [9.17, 15) is 0 Å². The smallest absolute Gasteiger partial charge is 0.228 e. The minimum atomic E-state index is 0.768. The zero-order valence-electron chi connectivity index (χ0n) is 15.3. The summed E-state index contributed by atoms with van der Waals surface area (Å²) < 4.78 is 9.62. The van der Waals surface area contributed by atoms with E-state index in [0.29, 0.717) is 0 Å². The van der Waals surface area contributed by atoms with Gasteiger partial charge in [-0.15, -0.1) is 10.2 Å². The van der Waals surface area contributed by atoms with Gasteiger partial charge in [-0.1, -0.05) is 12.1 Å². The van der Waals surface area contributed by atoms with Crippen molar-refractivity contribution in [2.75, 3.05) is 51.1 Å². The number of rotatable bonds is 5. The van der Waals surface area contributed by atoms with Crippen molar-refractivity contribution >= 4 is 17.0 Å². The maximum atomic E-state index is 5.44. The highest BCUT2D eigenvalue weighted by molar-refractivity contribution is 5.78. The Morgan fingerprint density at radius 2 is 1.70 bits per heavy atom. The summed E-state index contributed by atoms with van der Waals surface area (Å²) in [5.41, 5.74) is 2.17. The van der Waals surface area contributed by atoms with Crippen LogP contribution in [0.4, 0.5) is 5.95 Å². The summed E-state index contributed by atoms with van der Waals surface area (Å²) in [7, 11) is 0. The van der Waals surface area contributed by atoms with Crippen LogP contribution in [0.5, 0.6) is 0 Å². The zero-order valence-corrected chi connectivity index (χ0v) is 15.3. The van der Waals surface area contributed by atoms with Crippen LogP contribution in [0.15, 0.2) is 36.9 Å². The Labute approximate surface area is 157 Å². The Hall–Kier alpha value is -2.49. The number of fused-ring (bicyclic) bond motifs is 3. The van der Waals surface area contributed by atoms with Crippen LogP contribution in [-0.4, -0.2) is 80.3 Å². The average molecular weight is 368 g/mol. The van der Waals surface area contributed by atoms with Crippen molar-refractivity contribution in [1.29, 1.82) is 0 Å². The Kier molecular flexibility index (Phi) is 4.48. The Bertz CT molecular complexity index is 886. The van der Waals surface area contributed by atoms with Crippen molar-refractivity contribution < 1.29 is 4.74 Å². The van der Waals surface area contributed by atoms with Gasteiger partial charge in [0.25, 0.3) is 0 Å². The summed E-state index contributed by atoms with van der Waals surface area (Å²) in [6.45, 7) is 7.56. The van der Waals surface area contributed by atoms with Crippen molar-refractivity contribution in [1.82, 2.24) is 34.2 Å². The molecule has 9 nitrogen and oxygen atoms in total. The van der Waals surface area contributed by atoms with E-state index in [-0.39, 0.29) is 0 Å². The first-order valence-corrected chi connectivity index (χ1v) is 9.49. The highest BCUT2D eigenvalue weighted by Crippen LogP contribution is 2.27. The highest BCUT2D eigenvalue weighted by Gasteiger charge is 2.27. The lowest BCUT2D eigenvalue weighted by molar-refractivity contribution is 0.0354. The van der Waals surface area contributed by atoms with Crippen LogP contribution < -0.4 is 5.01 Å². The minimum Gasteiger partial charge on any atom is -0.379 e. The molecule has 142 valence electrons. The van der Waals surface area contributed by atoms with Crippen LogP contribution in [0.3, 0.4) is 0 Å². The lowest BCUT2D eigenvalue weighted by atomic mass is 10.3. The molecule has 0 saturated carbocycles. The second-order valence-electron chi connectivity index (χ2n) is 7.05. The molecular formula is C18H24N8O. The molecule has 3 aromatic rings. The summed E-state index contributed by atoms with van der Waals surface area (Å²) >= 11 is 0.